The molecular formula is C21H41NO5Si. The second-order valence-electron chi connectivity index (χ2n) is 10.1. The molecule has 0 aromatic heterocycles. The van der Waals surface area contributed by atoms with Crippen molar-refractivity contribution in [1.29, 1.82) is 0 Å². The van der Waals surface area contributed by atoms with E-state index in [1.807, 2.05) is 20.8 Å². The van der Waals surface area contributed by atoms with Gasteiger partial charge in [-0.3, -0.25) is 4.79 Å². The van der Waals surface area contributed by atoms with E-state index in [0.717, 1.165) is 12.8 Å². The van der Waals surface area contributed by atoms with E-state index in [1.54, 1.807) is 11.8 Å². The number of hydrogen-bond donors (Lipinski definition) is 0. The van der Waals surface area contributed by atoms with Crippen molar-refractivity contribution in [2.75, 3.05) is 13.2 Å². The van der Waals surface area contributed by atoms with Gasteiger partial charge in [-0.1, -0.05) is 20.8 Å². The van der Waals surface area contributed by atoms with Crippen molar-refractivity contribution in [3.63, 3.8) is 0 Å². The van der Waals surface area contributed by atoms with Crippen LogP contribution in [0.3, 0.4) is 0 Å². The molecule has 0 saturated carbocycles. The summed E-state index contributed by atoms with van der Waals surface area (Å²) >= 11 is 0. The molecular weight excluding hydrogens is 374 g/mol. The molecule has 1 saturated heterocycles. The summed E-state index contributed by atoms with van der Waals surface area (Å²) in [6.07, 6.45) is 2.14. The molecule has 0 aromatic rings. The van der Waals surface area contributed by atoms with E-state index in [2.05, 4.69) is 33.9 Å². The van der Waals surface area contributed by atoms with Crippen molar-refractivity contribution >= 4 is 20.4 Å². The van der Waals surface area contributed by atoms with Crippen molar-refractivity contribution in [1.82, 2.24) is 4.90 Å². The van der Waals surface area contributed by atoms with Crippen LogP contribution in [0.25, 0.3) is 0 Å². The number of piperidine rings is 1. The predicted octanol–water partition coefficient (Wildman–Crippen LogP) is 5.12. The molecule has 1 heterocycles. The standard InChI is InChI=1S/C21H41NO5Si/c1-10-25-18(23)14-13-16-17(27-28(8,9)21(5,6)7)12-11-15-22(16)19(24)26-20(2,3)4/h16-17H,10-15H2,1-9H3/t16-,17+/m1/s1. The van der Waals surface area contributed by atoms with Gasteiger partial charge in [0.05, 0.1) is 18.8 Å². The van der Waals surface area contributed by atoms with Crippen LogP contribution in [0.15, 0.2) is 0 Å². The lowest BCUT2D eigenvalue weighted by Gasteiger charge is -2.46. The Morgan fingerprint density at radius 2 is 1.71 bits per heavy atom. The molecule has 164 valence electrons. The molecule has 1 aliphatic rings. The van der Waals surface area contributed by atoms with Crippen LogP contribution in [-0.2, 0) is 18.7 Å². The summed E-state index contributed by atoms with van der Waals surface area (Å²) in [4.78, 5) is 26.6. The lowest BCUT2D eigenvalue weighted by molar-refractivity contribution is -0.143. The predicted molar refractivity (Wildman–Crippen MR) is 114 cm³/mol. The zero-order chi connectivity index (χ0) is 21.8. The fraction of sp³-hybridized carbons (Fsp3) is 0.905. The van der Waals surface area contributed by atoms with Gasteiger partial charge >= 0.3 is 12.1 Å². The van der Waals surface area contributed by atoms with E-state index >= 15 is 0 Å². The van der Waals surface area contributed by atoms with Gasteiger partial charge in [0, 0.05) is 13.0 Å². The summed E-state index contributed by atoms with van der Waals surface area (Å²) in [6, 6.07) is -0.179. The van der Waals surface area contributed by atoms with Crippen molar-refractivity contribution in [3.8, 4) is 0 Å². The van der Waals surface area contributed by atoms with Crippen LogP contribution in [-0.4, -0.2) is 56.2 Å². The van der Waals surface area contributed by atoms with E-state index in [9.17, 15) is 9.59 Å². The van der Waals surface area contributed by atoms with Gasteiger partial charge in [-0.15, -0.1) is 0 Å². The first-order valence-electron chi connectivity index (χ1n) is 10.5. The summed E-state index contributed by atoms with van der Waals surface area (Å²) in [5.41, 5.74) is -0.560. The minimum atomic E-state index is -2.01. The molecule has 28 heavy (non-hydrogen) atoms. The molecule has 0 bridgehead atoms. The van der Waals surface area contributed by atoms with Crippen LogP contribution in [0.2, 0.25) is 18.1 Å². The van der Waals surface area contributed by atoms with Crippen LogP contribution >= 0.6 is 0 Å². The molecule has 1 amide bonds. The largest absolute Gasteiger partial charge is 0.466 e. The number of carbonyl (C=O) groups excluding carboxylic acids is 2. The Hall–Kier alpha value is -1.08. The first-order valence-corrected chi connectivity index (χ1v) is 13.4. The van der Waals surface area contributed by atoms with Crippen molar-refractivity contribution in [2.24, 2.45) is 0 Å². The van der Waals surface area contributed by atoms with E-state index in [0.29, 0.717) is 19.6 Å². The van der Waals surface area contributed by atoms with Crippen LogP contribution in [0, 0.1) is 0 Å². The number of esters is 1. The van der Waals surface area contributed by atoms with E-state index < -0.39 is 13.9 Å². The van der Waals surface area contributed by atoms with Crippen LogP contribution in [0.5, 0.6) is 0 Å². The number of likely N-dealkylation sites (tertiary alicyclic amines) is 1. The molecule has 1 aliphatic heterocycles. The number of rotatable bonds is 6. The Balaban J connectivity index is 3.04. The number of ether oxygens (including phenoxy) is 2. The molecule has 0 radical (unpaired) electrons. The molecule has 0 aromatic carbocycles. The van der Waals surface area contributed by atoms with Crippen LogP contribution < -0.4 is 0 Å². The quantitative estimate of drug-likeness (QED) is 0.445. The van der Waals surface area contributed by atoms with Gasteiger partial charge in [0.15, 0.2) is 8.32 Å². The summed E-state index contributed by atoms with van der Waals surface area (Å²) < 4.78 is 17.4. The van der Waals surface area contributed by atoms with Gasteiger partial charge < -0.3 is 18.8 Å². The maximum absolute atomic E-state index is 12.8. The second-order valence-corrected chi connectivity index (χ2v) is 14.9. The van der Waals surface area contributed by atoms with Crippen LogP contribution in [0.4, 0.5) is 4.79 Å². The third-order valence-electron chi connectivity index (χ3n) is 5.55. The van der Waals surface area contributed by atoms with Gasteiger partial charge in [0.1, 0.15) is 5.60 Å². The molecule has 2 atom stereocenters. The molecule has 0 N–H and O–H groups in total. The monoisotopic (exact) mass is 415 g/mol. The van der Waals surface area contributed by atoms with Gasteiger partial charge in [0.25, 0.3) is 0 Å². The lowest BCUT2D eigenvalue weighted by Crippen LogP contribution is -2.56. The molecule has 0 unspecified atom stereocenters. The number of nitrogens with zero attached hydrogens (tertiary/aromatic N) is 1. The minimum absolute atomic E-state index is 0.0763. The number of carbonyl (C=O) groups is 2. The van der Waals surface area contributed by atoms with E-state index in [1.165, 1.54) is 0 Å². The second kappa shape index (κ2) is 9.61. The first kappa shape index (κ1) is 25.0. The van der Waals surface area contributed by atoms with Gasteiger partial charge in [-0.2, -0.15) is 0 Å². The fourth-order valence-corrected chi connectivity index (χ4v) is 4.49. The Bertz CT molecular complexity index is 536. The van der Waals surface area contributed by atoms with Gasteiger partial charge in [0.2, 0.25) is 0 Å². The van der Waals surface area contributed by atoms with Gasteiger partial charge in [-0.05, 0) is 65.1 Å². The highest BCUT2D eigenvalue weighted by atomic mass is 28.4. The third-order valence-corrected chi connectivity index (χ3v) is 10.1. The molecule has 7 heteroatoms. The average Bonchev–Trinajstić information content (AvgIpc) is 2.50. The molecule has 6 nitrogen and oxygen atoms in total. The number of hydrogen-bond acceptors (Lipinski definition) is 5. The highest BCUT2D eigenvalue weighted by Gasteiger charge is 2.44. The lowest BCUT2D eigenvalue weighted by atomic mass is 9.95. The fourth-order valence-electron chi connectivity index (χ4n) is 3.10. The van der Waals surface area contributed by atoms with Crippen molar-refractivity contribution < 1.29 is 23.5 Å². The Kier molecular flexibility index (Phi) is 8.57. The SMILES string of the molecule is CCOC(=O)CC[C@@H]1[C@@H](O[Si](C)(C)C(C)(C)C)CCCN1C(=O)OC(C)(C)C. The summed E-state index contributed by atoms with van der Waals surface area (Å²) in [6.45, 7) is 19.5. The van der Waals surface area contributed by atoms with Crippen molar-refractivity contribution in [3.05, 3.63) is 0 Å². The summed E-state index contributed by atoms with van der Waals surface area (Å²) in [5.74, 6) is -0.233. The van der Waals surface area contributed by atoms with Crippen molar-refractivity contribution in [2.45, 2.75) is 110 Å². The third kappa shape index (κ3) is 7.39. The Morgan fingerprint density at radius 1 is 1.11 bits per heavy atom. The topological polar surface area (TPSA) is 65.1 Å². The minimum Gasteiger partial charge on any atom is -0.466 e. The molecule has 0 aliphatic carbocycles. The highest BCUT2D eigenvalue weighted by molar-refractivity contribution is 6.74. The van der Waals surface area contributed by atoms with Gasteiger partial charge in [-0.25, -0.2) is 4.79 Å². The Morgan fingerprint density at radius 3 is 2.21 bits per heavy atom. The zero-order valence-corrected chi connectivity index (χ0v) is 20.4. The normalized spacial score (nSPS) is 21.4. The Labute approximate surface area is 172 Å². The molecule has 1 rings (SSSR count). The zero-order valence-electron chi connectivity index (χ0n) is 19.4. The smallest absolute Gasteiger partial charge is 0.410 e. The summed E-state index contributed by atoms with van der Waals surface area (Å²) in [5, 5.41) is 0.0763. The number of amides is 1. The van der Waals surface area contributed by atoms with E-state index in [4.69, 9.17) is 13.9 Å². The average molecular weight is 416 g/mol. The summed E-state index contributed by atoms with van der Waals surface area (Å²) in [7, 11) is -2.01. The van der Waals surface area contributed by atoms with Crippen LogP contribution in [0.1, 0.15) is 74.1 Å². The first-order chi connectivity index (χ1) is 12.7. The van der Waals surface area contributed by atoms with E-state index in [-0.39, 0.29) is 35.7 Å². The maximum atomic E-state index is 12.8. The maximum Gasteiger partial charge on any atom is 0.410 e. The highest BCUT2D eigenvalue weighted by Crippen LogP contribution is 2.39. The molecule has 0 spiro atoms. The molecule has 1 fully saturated rings.